The van der Waals surface area contributed by atoms with Gasteiger partial charge in [-0.05, 0) is 59.6 Å². The van der Waals surface area contributed by atoms with Crippen LogP contribution >= 0.6 is 31.9 Å². The van der Waals surface area contributed by atoms with Gasteiger partial charge in [0.25, 0.3) is 11.8 Å². The Morgan fingerprint density at radius 3 is 2.50 bits per heavy atom. The van der Waals surface area contributed by atoms with Crippen molar-refractivity contribution in [2.24, 2.45) is 0 Å². The molecule has 26 heavy (non-hydrogen) atoms. The number of carbonyl (C=O) groups is 2. The average molecular weight is 486 g/mol. The highest BCUT2D eigenvalue weighted by molar-refractivity contribution is 9.11. The molecule has 0 heterocycles. The Morgan fingerprint density at radius 1 is 1.08 bits per heavy atom. The Morgan fingerprint density at radius 2 is 1.81 bits per heavy atom. The molecule has 0 aliphatic rings. The number of amides is 2. The van der Waals surface area contributed by atoms with Crippen LogP contribution in [-0.4, -0.2) is 24.5 Å². The molecule has 0 spiro atoms. The minimum Gasteiger partial charge on any atom is -0.483 e. The maximum atomic E-state index is 12.0. The van der Waals surface area contributed by atoms with Crippen LogP contribution in [0.2, 0.25) is 0 Å². The number of carbonyl (C=O) groups excluding carboxylic acids is 2. The first-order valence-corrected chi connectivity index (χ1v) is 9.34. The number of nitrogens with one attached hydrogen (secondary N) is 2. The lowest BCUT2D eigenvalue weighted by Crippen LogP contribution is -2.48. The highest BCUT2D eigenvalue weighted by Gasteiger charge is 2.16. The SMILES string of the molecule is Cc1ccccc1OC(C)C(=O)NNC(=O)COc1ccc(Br)cc1Br. The first-order chi connectivity index (χ1) is 12.4. The molecule has 0 saturated carbocycles. The summed E-state index contributed by atoms with van der Waals surface area (Å²) in [6, 6.07) is 12.7. The Labute approximate surface area is 168 Å². The number of rotatable bonds is 6. The topological polar surface area (TPSA) is 76.7 Å². The number of halogens is 2. The number of aryl methyl sites for hydroxylation is 1. The molecule has 138 valence electrons. The average Bonchev–Trinajstić information content (AvgIpc) is 2.60. The molecule has 1 unspecified atom stereocenters. The van der Waals surface area contributed by atoms with E-state index in [1.165, 1.54) is 0 Å². The van der Waals surface area contributed by atoms with Crippen LogP contribution in [0.1, 0.15) is 12.5 Å². The van der Waals surface area contributed by atoms with E-state index in [9.17, 15) is 9.59 Å². The van der Waals surface area contributed by atoms with Gasteiger partial charge in [0.05, 0.1) is 4.47 Å². The maximum Gasteiger partial charge on any atom is 0.279 e. The predicted octanol–water partition coefficient (Wildman–Crippen LogP) is 3.51. The number of hydrogen-bond donors (Lipinski definition) is 2. The van der Waals surface area contributed by atoms with E-state index >= 15 is 0 Å². The van der Waals surface area contributed by atoms with E-state index in [4.69, 9.17) is 9.47 Å². The van der Waals surface area contributed by atoms with Crippen LogP contribution in [0.3, 0.4) is 0 Å². The lowest BCUT2D eigenvalue weighted by molar-refractivity contribution is -0.133. The zero-order valence-electron chi connectivity index (χ0n) is 14.2. The second kappa shape index (κ2) is 9.59. The number of benzene rings is 2. The summed E-state index contributed by atoms with van der Waals surface area (Å²) in [5.74, 6) is 0.179. The van der Waals surface area contributed by atoms with Crippen LogP contribution in [0.25, 0.3) is 0 Å². The second-order valence-electron chi connectivity index (χ2n) is 5.43. The van der Waals surface area contributed by atoms with Gasteiger partial charge in [-0.2, -0.15) is 0 Å². The molecule has 2 amide bonds. The van der Waals surface area contributed by atoms with Gasteiger partial charge in [0.2, 0.25) is 0 Å². The lowest BCUT2D eigenvalue weighted by Gasteiger charge is -2.16. The molecule has 0 fully saturated rings. The van der Waals surface area contributed by atoms with Crippen molar-refractivity contribution in [2.45, 2.75) is 20.0 Å². The highest BCUT2D eigenvalue weighted by Crippen LogP contribution is 2.28. The van der Waals surface area contributed by atoms with Crippen LogP contribution in [0, 0.1) is 6.92 Å². The summed E-state index contributed by atoms with van der Waals surface area (Å²) in [6.45, 7) is 3.25. The summed E-state index contributed by atoms with van der Waals surface area (Å²) in [5, 5.41) is 0. The minimum absolute atomic E-state index is 0.243. The van der Waals surface area contributed by atoms with E-state index < -0.39 is 17.9 Å². The first-order valence-electron chi connectivity index (χ1n) is 7.75. The molecule has 0 bridgehead atoms. The molecule has 2 N–H and O–H groups in total. The van der Waals surface area contributed by atoms with Gasteiger partial charge in [-0.3, -0.25) is 20.4 Å². The smallest absolute Gasteiger partial charge is 0.279 e. The second-order valence-corrected chi connectivity index (χ2v) is 7.20. The van der Waals surface area contributed by atoms with Crippen molar-refractivity contribution in [2.75, 3.05) is 6.61 Å². The van der Waals surface area contributed by atoms with Gasteiger partial charge in [-0.15, -0.1) is 0 Å². The van der Waals surface area contributed by atoms with Crippen molar-refractivity contribution in [3.63, 3.8) is 0 Å². The Hall–Kier alpha value is -2.06. The summed E-state index contributed by atoms with van der Waals surface area (Å²) >= 11 is 6.68. The molecule has 2 aromatic rings. The summed E-state index contributed by atoms with van der Waals surface area (Å²) in [5.41, 5.74) is 5.54. The van der Waals surface area contributed by atoms with Crippen LogP contribution in [0.5, 0.6) is 11.5 Å². The minimum atomic E-state index is -0.766. The summed E-state index contributed by atoms with van der Waals surface area (Å²) in [4.78, 5) is 23.8. The quantitative estimate of drug-likeness (QED) is 0.614. The molecule has 2 aromatic carbocycles. The van der Waals surface area contributed by atoms with E-state index in [0.717, 1.165) is 10.0 Å². The van der Waals surface area contributed by atoms with Crippen molar-refractivity contribution in [1.82, 2.24) is 10.9 Å². The third-order valence-corrected chi connectivity index (χ3v) is 4.46. The fourth-order valence-corrected chi connectivity index (χ4v) is 3.10. The standard InChI is InChI=1S/C18H18Br2N2O4/c1-11-5-3-4-6-15(11)26-12(2)18(24)22-21-17(23)10-25-16-8-7-13(19)9-14(16)20/h3-9,12H,10H2,1-2H3,(H,21,23)(H,22,24). The van der Waals surface area contributed by atoms with Crippen molar-refractivity contribution in [1.29, 1.82) is 0 Å². The van der Waals surface area contributed by atoms with E-state index in [1.54, 1.807) is 31.2 Å². The van der Waals surface area contributed by atoms with Gasteiger partial charge < -0.3 is 9.47 Å². The summed E-state index contributed by atoms with van der Waals surface area (Å²) in [6.07, 6.45) is -0.766. The maximum absolute atomic E-state index is 12.0. The summed E-state index contributed by atoms with van der Waals surface area (Å²) < 4.78 is 12.6. The van der Waals surface area contributed by atoms with E-state index in [-0.39, 0.29) is 6.61 Å². The highest BCUT2D eigenvalue weighted by atomic mass is 79.9. The molecule has 0 aromatic heterocycles. The molecule has 0 radical (unpaired) electrons. The van der Waals surface area contributed by atoms with Crippen molar-refractivity contribution < 1.29 is 19.1 Å². The Bertz CT molecular complexity index is 799. The molecule has 1 atom stereocenters. The molecule has 0 saturated heterocycles. The van der Waals surface area contributed by atoms with Gasteiger partial charge in [0, 0.05) is 4.47 Å². The van der Waals surface area contributed by atoms with Crippen LogP contribution in [-0.2, 0) is 9.59 Å². The van der Waals surface area contributed by atoms with Crippen LogP contribution in [0.15, 0.2) is 51.4 Å². The zero-order valence-corrected chi connectivity index (χ0v) is 17.4. The fourth-order valence-electron chi connectivity index (χ4n) is 1.94. The molecular formula is C18H18Br2N2O4. The number of hydrazine groups is 1. The van der Waals surface area contributed by atoms with Crippen LogP contribution < -0.4 is 20.3 Å². The monoisotopic (exact) mass is 484 g/mol. The predicted molar refractivity (Wildman–Crippen MR) is 105 cm³/mol. The summed E-state index contributed by atoms with van der Waals surface area (Å²) in [7, 11) is 0. The molecule has 0 aliphatic carbocycles. The number of ether oxygens (including phenoxy) is 2. The first kappa shape index (κ1) is 20.3. The van der Waals surface area contributed by atoms with E-state index in [1.807, 2.05) is 25.1 Å². The van der Waals surface area contributed by atoms with E-state index in [0.29, 0.717) is 16.0 Å². The Kier molecular flexibility index (Phi) is 7.47. The van der Waals surface area contributed by atoms with Crippen molar-refractivity contribution in [3.8, 4) is 11.5 Å². The fraction of sp³-hybridized carbons (Fsp3) is 0.222. The third kappa shape index (κ3) is 6.03. The third-order valence-electron chi connectivity index (χ3n) is 3.34. The normalized spacial score (nSPS) is 11.4. The van der Waals surface area contributed by atoms with Crippen molar-refractivity contribution >= 4 is 43.7 Å². The lowest BCUT2D eigenvalue weighted by atomic mass is 10.2. The Balaban J connectivity index is 1.77. The van der Waals surface area contributed by atoms with Gasteiger partial charge in [0.1, 0.15) is 11.5 Å². The van der Waals surface area contributed by atoms with Gasteiger partial charge in [-0.25, -0.2) is 0 Å². The number of para-hydroxylation sites is 1. The van der Waals surface area contributed by atoms with Crippen LogP contribution in [0.4, 0.5) is 0 Å². The largest absolute Gasteiger partial charge is 0.483 e. The van der Waals surface area contributed by atoms with E-state index in [2.05, 4.69) is 42.7 Å². The number of hydrogen-bond acceptors (Lipinski definition) is 4. The molecular weight excluding hydrogens is 468 g/mol. The molecule has 6 nitrogen and oxygen atoms in total. The van der Waals surface area contributed by atoms with Crippen molar-refractivity contribution in [3.05, 3.63) is 57.0 Å². The van der Waals surface area contributed by atoms with Gasteiger partial charge in [-0.1, -0.05) is 34.1 Å². The molecule has 0 aliphatic heterocycles. The molecule has 2 rings (SSSR count). The van der Waals surface area contributed by atoms with Gasteiger partial charge >= 0.3 is 0 Å². The molecule has 8 heteroatoms. The zero-order chi connectivity index (χ0) is 19.1. The van der Waals surface area contributed by atoms with Gasteiger partial charge in [0.15, 0.2) is 12.7 Å².